The normalized spacial score (nSPS) is 17.4. The maximum atomic E-state index is 12.9. The minimum atomic E-state index is -0.540. The molecule has 0 spiro atoms. The number of benzene rings is 1. The van der Waals surface area contributed by atoms with Gasteiger partial charge in [-0.2, -0.15) is 0 Å². The zero-order valence-electron chi connectivity index (χ0n) is 13.5. The van der Waals surface area contributed by atoms with E-state index in [1.54, 1.807) is 0 Å². The molecule has 0 saturated carbocycles. The Morgan fingerprint density at radius 2 is 2.04 bits per heavy atom. The van der Waals surface area contributed by atoms with Crippen LogP contribution in [0.15, 0.2) is 35.4 Å². The number of aryl methyl sites for hydroxylation is 3. The summed E-state index contributed by atoms with van der Waals surface area (Å²) in [7, 11) is 0. The van der Waals surface area contributed by atoms with Crippen molar-refractivity contribution in [3.05, 3.63) is 57.0 Å². The van der Waals surface area contributed by atoms with Crippen LogP contribution < -0.4 is 10.9 Å². The van der Waals surface area contributed by atoms with Gasteiger partial charge in [0, 0.05) is 10.6 Å². The molecule has 2 aromatic heterocycles. The number of hydrogen-bond acceptors (Lipinski definition) is 4. The smallest absolute Gasteiger partial charge is 0.263 e. The zero-order valence-corrected chi connectivity index (χ0v) is 14.3. The van der Waals surface area contributed by atoms with Gasteiger partial charge in [0.05, 0.1) is 11.7 Å². The molecule has 5 nitrogen and oxygen atoms in total. The van der Waals surface area contributed by atoms with E-state index in [4.69, 9.17) is 0 Å². The minimum absolute atomic E-state index is 0.132. The third-order valence-corrected chi connectivity index (χ3v) is 5.83. The molecular formula is C18H17N3O2S. The number of rotatable bonds is 1. The summed E-state index contributed by atoms with van der Waals surface area (Å²) in [5, 5.41) is 3.58. The van der Waals surface area contributed by atoms with Gasteiger partial charge in [0.25, 0.3) is 5.56 Å². The summed E-state index contributed by atoms with van der Waals surface area (Å²) >= 11 is 1.52. The lowest BCUT2D eigenvalue weighted by Gasteiger charge is -2.16. The fourth-order valence-corrected chi connectivity index (χ4v) is 4.22. The highest BCUT2D eigenvalue weighted by Gasteiger charge is 2.27. The van der Waals surface area contributed by atoms with E-state index in [0.717, 1.165) is 32.9 Å². The van der Waals surface area contributed by atoms with Crippen molar-refractivity contribution in [1.29, 1.82) is 0 Å². The lowest BCUT2D eigenvalue weighted by Crippen LogP contribution is -2.32. The van der Waals surface area contributed by atoms with E-state index in [9.17, 15) is 9.59 Å². The predicted molar refractivity (Wildman–Crippen MR) is 95.8 cm³/mol. The second-order valence-electron chi connectivity index (χ2n) is 6.12. The molecule has 0 radical (unpaired) electrons. The van der Waals surface area contributed by atoms with E-state index >= 15 is 0 Å². The van der Waals surface area contributed by atoms with Gasteiger partial charge in [0.1, 0.15) is 10.9 Å². The lowest BCUT2D eigenvalue weighted by atomic mass is 10.1. The number of hydrogen-bond donors (Lipinski definition) is 1. The Balaban J connectivity index is 1.81. The van der Waals surface area contributed by atoms with Gasteiger partial charge in [0.15, 0.2) is 0 Å². The molecule has 0 fully saturated rings. The molecule has 0 aliphatic carbocycles. The van der Waals surface area contributed by atoms with Crippen LogP contribution in [0.4, 0.5) is 5.69 Å². The Labute approximate surface area is 143 Å². The molecule has 1 amide bonds. The topological polar surface area (TPSA) is 64.0 Å². The third-order valence-electron chi connectivity index (χ3n) is 4.72. The fraction of sp³-hybridized carbons (Fsp3) is 0.278. The van der Waals surface area contributed by atoms with Crippen molar-refractivity contribution in [3.63, 3.8) is 0 Å². The molecule has 3 heterocycles. The number of fused-ring (bicyclic) bond motifs is 2. The Kier molecular flexibility index (Phi) is 3.49. The van der Waals surface area contributed by atoms with Crippen LogP contribution in [0.3, 0.4) is 0 Å². The molecule has 122 valence electrons. The SMILES string of the molecule is Cc1sc2ncn(C3CCc4ccccc4NC3=O)c(=O)c2c1C. The first-order valence-corrected chi connectivity index (χ1v) is 8.73. The van der Waals surface area contributed by atoms with Crippen LogP contribution >= 0.6 is 11.3 Å². The molecule has 24 heavy (non-hydrogen) atoms. The number of nitrogens with one attached hydrogen (secondary N) is 1. The summed E-state index contributed by atoms with van der Waals surface area (Å²) < 4.78 is 1.49. The van der Waals surface area contributed by atoms with E-state index in [1.807, 2.05) is 38.1 Å². The Morgan fingerprint density at radius 1 is 1.25 bits per heavy atom. The van der Waals surface area contributed by atoms with E-state index in [-0.39, 0.29) is 11.5 Å². The standard InChI is InChI=1S/C18H17N3O2S/c1-10-11(2)24-17-15(10)18(23)21(9-19-17)14-8-7-12-5-3-4-6-13(12)20-16(14)22/h3-6,9,14H,7-8H2,1-2H3,(H,20,22). The number of para-hydroxylation sites is 1. The van der Waals surface area contributed by atoms with Crippen molar-refractivity contribution in [2.24, 2.45) is 0 Å². The van der Waals surface area contributed by atoms with Crippen LogP contribution in [-0.4, -0.2) is 15.5 Å². The van der Waals surface area contributed by atoms with Crippen LogP contribution in [0.1, 0.15) is 28.5 Å². The van der Waals surface area contributed by atoms with Gasteiger partial charge in [-0.1, -0.05) is 18.2 Å². The number of amides is 1. The summed E-state index contributed by atoms with van der Waals surface area (Å²) in [6.45, 7) is 3.92. The molecular weight excluding hydrogens is 322 g/mol. The minimum Gasteiger partial charge on any atom is -0.324 e. The van der Waals surface area contributed by atoms with Gasteiger partial charge >= 0.3 is 0 Å². The molecule has 1 aliphatic heterocycles. The highest BCUT2D eigenvalue weighted by molar-refractivity contribution is 7.18. The zero-order chi connectivity index (χ0) is 16.8. The highest BCUT2D eigenvalue weighted by atomic mass is 32.1. The number of carbonyl (C=O) groups excluding carboxylic acids is 1. The molecule has 0 saturated heterocycles. The van der Waals surface area contributed by atoms with Crippen LogP contribution in [0.25, 0.3) is 10.2 Å². The van der Waals surface area contributed by atoms with Crippen molar-refractivity contribution >= 4 is 33.1 Å². The molecule has 0 bridgehead atoms. The molecule has 1 aliphatic rings. The summed E-state index contributed by atoms with van der Waals surface area (Å²) in [6, 6.07) is 7.22. The molecule has 1 N–H and O–H groups in total. The largest absolute Gasteiger partial charge is 0.324 e. The van der Waals surface area contributed by atoms with Gasteiger partial charge in [-0.05, 0) is 43.9 Å². The van der Waals surface area contributed by atoms with E-state index in [2.05, 4.69) is 10.3 Å². The lowest BCUT2D eigenvalue weighted by molar-refractivity contribution is -0.119. The van der Waals surface area contributed by atoms with Crippen molar-refractivity contribution < 1.29 is 4.79 Å². The van der Waals surface area contributed by atoms with Crippen LogP contribution in [-0.2, 0) is 11.2 Å². The Morgan fingerprint density at radius 3 is 2.88 bits per heavy atom. The fourth-order valence-electron chi connectivity index (χ4n) is 3.23. The predicted octanol–water partition coefficient (Wildman–Crippen LogP) is 3.20. The van der Waals surface area contributed by atoms with Crippen LogP contribution in [0.2, 0.25) is 0 Å². The average Bonchev–Trinajstić information content (AvgIpc) is 2.75. The van der Waals surface area contributed by atoms with Crippen LogP contribution in [0.5, 0.6) is 0 Å². The maximum absolute atomic E-state index is 12.9. The molecule has 1 aromatic carbocycles. The molecule has 3 aromatic rings. The maximum Gasteiger partial charge on any atom is 0.263 e. The average molecular weight is 339 g/mol. The second kappa shape index (κ2) is 5.56. The summed E-state index contributed by atoms with van der Waals surface area (Å²) in [4.78, 5) is 31.8. The summed E-state index contributed by atoms with van der Waals surface area (Å²) in [6.07, 6.45) is 2.84. The number of nitrogens with zero attached hydrogens (tertiary/aromatic N) is 2. The van der Waals surface area contributed by atoms with E-state index < -0.39 is 6.04 Å². The quantitative estimate of drug-likeness (QED) is 0.740. The van der Waals surface area contributed by atoms with Gasteiger partial charge in [-0.15, -0.1) is 11.3 Å². The summed E-state index contributed by atoms with van der Waals surface area (Å²) in [5.41, 5.74) is 2.75. The van der Waals surface area contributed by atoms with E-state index in [0.29, 0.717) is 11.8 Å². The third kappa shape index (κ3) is 2.26. The molecule has 6 heteroatoms. The first-order chi connectivity index (χ1) is 11.6. The Bertz CT molecular complexity index is 1020. The monoisotopic (exact) mass is 339 g/mol. The Hall–Kier alpha value is -2.47. The number of carbonyl (C=O) groups is 1. The number of thiophene rings is 1. The van der Waals surface area contributed by atoms with Crippen molar-refractivity contribution in [2.45, 2.75) is 32.7 Å². The first kappa shape index (κ1) is 15.1. The molecule has 1 unspecified atom stereocenters. The molecule has 1 atom stereocenters. The van der Waals surface area contributed by atoms with Crippen molar-refractivity contribution in [3.8, 4) is 0 Å². The van der Waals surface area contributed by atoms with Gasteiger partial charge in [-0.25, -0.2) is 4.98 Å². The molecule has 4 rings (SSSR count). The summed E-state index contributed by atoms with van der Waals surface area (Å²) in [5.74, 6) is -0.159. The van der Waals surface area contributed by atoms with Crippen molar-refractivity contribution in [1.82, 2.24) is 9.55 Å². The second-order valence-corrected chi connectivity index (χ2v) is 7.32. The van der Waals surface area contributed by atoms with Gasteiger partial charge in [0.2, 0.25) is 5.91 Å². The number of anilines is 1. The number of aromatic nitrogens is 2. The van der Waals surface area contributed by atoms with Crippen LogP contribution in [0, 0.1) is 13.8 Å². The van der Waals surface area contributed by atoms with Gasteiger partial charge in [-0.3, -0.25) is 14.2 Å². The van der Waals surface area contributed by atoms with Crippen molar-refractivity contribution in [2.75, 3.05) is 5.32 Å². The highest BCUT2D eigenvalue weighted by Crippen LogP contribution is 2.28. The van der Waals surface area contributed by atoms with Gasteiger partial charge < -0.3 is 5.32 Å². The van der Waals surface area contributed by atoms with E-state index in [1.165, 1.54) is 22.2 Å². The first-order valence-electron chi connectivity index (χ1n) is 7.92.